The number of nitrogens with one attached hydrogen (secondary N) is 1. The van der Waals surface area contributed by atoms with E-state index in [2.05, 4.69) is 36.2 Å². The lowest BCUT2D eigenvalue weighted by molar-refractivity contribution is 0.0951. The van der Waals surface area contributed by atoms with Crippen molar-refractivity contribution < 1.29 is 13.2 Å². The summed E-state index contributed by atoms with van der Waals surface area (Å²) in [4.78, 5) is 14.7. The Kier molecular flexibility index (Phi) is 7.07. The first-order valence-electron chi connectivity index (χ1n) is 9.34. The zero-order valence-electron chi connectivity index (χ0n) is 17.2. The maximum atomic E-state index is 12.5. The van der Waals surface area contributed by atoms with E-state index in [4.69, 9.17) is 0 Å². The third-order valence-corrected chi connectivity index (χ3v) is 6.01. The van der Waals surface area contributed by atoms with Crippen LogP contribution in [-0.2, 0) is 16.6 Å². The maximum absolute atomic E-state index is 12.5. The van der Waals surface area contributed by atoms with Gasteiger partial charge in [-0.2, -0.15) is 0 Å². The molecule has 152 valence electrons. The van der Waals surface area contributed by atoms with Gasteiger partial charge in [-0.25, -0.2) is 8.42 Å². The lowest BCUT2D eigenvalue weighted by Gasteiger charge is -2.21. The van der Waals surface area contributed by atoms with Crippen LogP contribution in [-0.4, -0.2) is 40.7 Å². The Labute approximate surface area is 168 Å². The Morgan fingerprint density at radius 2 is 1.64 bits per heavy atom. The van der Waals surface area contributed by atoms with E-state index >= 15 is 0 Å². The number of aryl methyl sites for hydroxylation is 1. The first-order chi connectivity index (χ1) is 13.2. The largest absolute Gasteiger partial charge is 0.372 e. The van der Waals surface area contributed by atoms with Crippen molar-refractivity contribution in [3.05, 3.63) is 59.2 Å². The summed E-state index contributed by atoms with van der Waals surface area (Å²) in [6, 6.07) is 13.2. The fourth-order valence-corrected chi connectivity index (χ4v) is 3.59. The highest BCUT2D eigenvalue weighted by Crippen LogP contribution is 2.22. The highest BCUT2D eigenvalue weighted by atomic mass is 32.2. The van der Waals surface area contributed by atoms with Crippen LogP contribution in [0.5, 0.6) is 0 Å². The fourth-order valence-electron chi connectivity index (χ4n) is 3.03. The van der Waals surface area contributed by atoms with Crippen molar-refractivity contribution in [2.75, 3.05) is 35.6 Å². The molecule has 0 aliphatic heterocycles. The minimum atomic E-state index is -3.34. The van der Waals surface area contributed by atoms with Crippen molar-refractivity contribution in [2.45, 2.75) is 27.3 Å². The van der Waals surface area contributed by atoms with Crippen LogP contribution >= 0.6 is 0 Å². The smallest absolute Gasteiger partial charge is 0.251 e. The second-order valence-electron chi connectivity index (χ2n) is 6.75. The summed E-state index contributed by atoms with van der Waals surface area (Å²) in [5.41, 5.74) is 3.98. The summed E-state index contributed by atoms with van der Waals surface area (Å²) >= 11 is 0. The number of rotatable bonds is 8. The molecular weight excluding hydrogens is 374 g/mol. The van der Waals surface area contributed by atoms with Gasteiger partial charge in [-0.1, -0.05) is 12.1 Å². The number of carbonyl (C=O) groups is 1. The molecule has 0 bridgehead atoms. The van der Waals surface area contributed by atoms with E-state index in [9.17, 15) is 13.2 Å². The van der Waals surface area contributed by atoms with Crippen LogP contribution in [0.3, 0.4) is 0 Å². The number of amides is 1. The molecule has 2 rings (SSSR count). The molecule has 0 saturated carbocycles. The zero-order chi connectivity index (χ0) is 20.9. The van der Waals surface area contributed by atoms with Crippen LogP contribution in [0.2, 0.25) is 0 Å². The molecule has 28 heavy (non-hydrogen) atoms. The summed E-state index contributed by atoms with van der Waals surface area (Å²) in [7, 11) is -1.84. The number of carbonyl (C=O) groups excluding carboxylic acids is 1. The lowest BCUT2D eigenvalue weighted by Crippen LogP contribution is -2.26. The average molecular weight is 404 g/mol. The molecule has 0 unspecified atom stereocenters. The lowest BCUT2D eigenvalue weighted by atomic mass is 10.1. The number of nitrogens with zero attached hydrogens (tertiary/aromatic N) is 2. The van der Waals surface area contributed by atoms with Gasteiger partial charge in [-0.3, -0.25) is 9.10 Å². The second kappa shape index (κ2) is 9.10. The van der Waals surface area contributed by atoms with Crippen LogP contribution in [0.1, 0.15) is 35.3 Å². The van der Waals surface area contributed by atoms with Gasteiger partial charge in [0.25, 0.3) is 5.91 Å². The monoisotopic (exact) mass is 403 g/mol. The molecule has 0 fully saturated rings. The van der Waals surface area contributed by atoms with Gasteiger partial charge < -0.3 is 10.2 Å². The zero-order valence-corrected chi connectivity index (χ0v) is 18.0. The molecule has 2 aromatic carbocycles. The first kappa shape index (κ1) is 21.8. The van der Waals surface area contributed by atoms with Gasteiger partial charge in [-0.15, -0.1) is 0 Å². The van der Waals surface area contributed by atoms with Crippen LogP contribution in [0, 0.1) is 6.92 Å². The molecule has 1 N–H and O–H groups in total. The Bertz CT molecular complexity index is 920. The molecule has 0 aromatic heterocycles. The Hall–Kier alpha value is -2.54. The normalized spacial score (nSPS) is 11.2. The van der Waals surface area contributed by atoms with Crippen molar-refractivity contribution in [3.8, 4) is 0 Å². The van der Waals surface area contributed by atoms with Gasteiger partial charge >= 0.3 is 0 Å². The molecule has 0 heterocycles. The Morgan fingerprint density at radius 1 is 1.04 bits per heavy atom. The molecule has 2 aromatic rings. The van der Waals surface area contributed by atoms with E-state index in [0.717, 1.165) is 30.5 Å². The number of benzene rings is 2. The van der Waals surface area contributed by atoms with Crippen LogP contribution in [0.15, 0.2) is 42.5 Å². The molecule has 6 nitrogen and oxygen atoms in total. The second-order valence-corrected chi connectivity index (χ2v) is 8.77. The van der Waals surface area contributed by atoms with Gasteiger partial charge in [0, 0.05) is 37.9 Å². The van der Waals surface area contributed by atoms with Crippen molar-refractivity contribution in [3.63, 3.8) is 0 Å². The molecule has 0 aliphatic carbocycles. The van der Waals surface area contributed by atoms with Gasteiger partial charge in [-0.05, 0) is 62.2 Å². The van der Waals surface area contributed by atoms with Crippen LogP contribution in [0.4, 0.5) is 11.4 Å². The molecule has 0 saturated heterocycles. The molecule has 0 atom stereocenters. The maximum Gasteiger partial charge on any atom is 0.251 e. The molecule has 0 aliphatic rings. The predicted molar refractivity (Wildman–Crippen MR) is 116 cm³/mol. The summed E-state index contributed by atoms with van der Waals surface area (Å²) in [6.07, 6.45) is 1.15. The van der Waals surface area contributed by atoms with Crippen molar-refractivity contribution in [1.29, 1.82) is 0 Å². The highest BCUT2D eigenvalue weighted by Gasteiger charge is 2.15. The minimum Gasteiger partial charge on any atom is -0.372 e. The van der Waals surface area contributed by atoms with Crippen LogP contribution in [0.25, 0.3) is 0 Å². The quantitative estimate of drug-likeness (QED) is 0.735. The van der Waals surface area contributed by atoms with E-state index in [0.29, 0.717) is 17.8 Å². The molecule has 0 spiro atoms. The standard InChI is InChI=1S/C21H29N3O3S/c1-6-24(7-2)19-11-8-17(9-12-19)15-22-21(25)18-10-13-20(16(3)14-18)23(4)28(5,26)27/h8-14H,6-7,15H2,1-5H3,(H,22,25). The predicted octanol–water partition coefficient (Wildman–Crippen LogP) is 3.17. The topological polar surface area (TPSA) is 69.7 Å². The van der Waals surface area contributed by atoms with Crippen molar-refractivity contribution in [2.24, 2.45) is 0 Å². The number of hydrogen-bond acceptors (Lipinski definition) is 4. The molecule has 0 radical (unpaired) electrons. The summed E-state index contributed by atoms with van der Waals surface area (Å²) in [5, 5.41) is 2.91. The SMILES string of the molecule is CCN(CC)c1ccc(CNC(=O)c2ccc(N(C)S(C)(=O)=O)c(C)c2)cc1. The highest BCUT2D eigenvalue weighted by molar-refractivity contribution is 7.92. The summed E-state index contributed by atoms with van der Waals surface area (Å²) in [5.74, 6) is -0.190. The van der Waals surface area contributed by atoms with Gasteiger partial charge in [0.05, 0.1) is 11.9 Å². The number of anilines is 2. The summed E-state index contributed by atoms with van der Waals surface area (Å²) in [6.45, 7) is 8.38. The molecular formula is C21H29N3O3S. The van der Waals surface area contributed by atoms with Gasteiger partial charge in [0.2, 0.25) is 10.0 Å². The van der Waals surface area contributed by atoms with E-state index in [-0.39, 0.29) is 5.91 Å². The fraction of sp³-hybridized carbons (Fsp3) is 0.381. The first-order valence-corrected chi connectivity index (χ1v) is 11.2. The molecule has 1 amide bonds. The van der Waals surface area contributed by atoms with Crippen molar-refractivity contribution in [1.82, 2.24) is 5.32 Å². The third-order valence-electron chi connectivity index (χ3n) is 4.81. The van der Waals surface area contributed by atoms with Crippen LogP contribution < -0.4 is 14.5 Å². The van der Waals surface area contributed by atoms with E-state index in [1.165, 1.54) is 17.0 Å². The minimum absolute atomic E-state index is 0.190. The van der Waals surface area contributed by atoms with E-state index in [1.807, 2.05) is 12.1 Å². The average Bonchev–Trinajstić information content (AvgIpc) is 2.66. The van der Waals surface area contributed by atoms with Crippen molar-refractivity contribution >= 4 is 27.3 Å². The van der Waals surface area contributed by atoms with Gasteiger partial charge in [0.15, 0.2) is 0 Å². The van der Waals surface area contributed by atoms with E-state index < -0.39 is 10.0 Å². The number of hydrogen-bond donors (Lipinski definition) is 1. The Balaban J connectivity index is 2.04. The summed E-state index contributed by atoms with van der Waals surface area (Å²) < 4.78 is 24.6. The van der Waals surface area contributed by atoms with Gasteiger partial charge in [0.1, 0.15) is 0 Å². The Morgan fingerprint density at radius 3 is 2.14 bits per heavy atom. The number of sulfonamides is 1. The third kappa shape index (κ3) is 5.25. The van der Waals surface area contributed by atoms with E-state index in [1.54, 1.807) is 25.1 Å². The molecule has 7 heteroatoms.